The Morgan fingerprint density at radius 2 is 1.75 bits per heavy atom. The molecule has 1 aromatic carbocycles. The first kappa shape index (κ1) is 15.5. The van der Waals surface area contributed by atoms with E-state index in [9.17, 15) is 8.42 Å². The van der Waals surface area contributed by atoms with Gasteiger partial charge in [0.25, 0.3) is 0 Å². The lowest BCUT2D eigenvalue weighted by atomic mass is 9.90. The quantitative estimate of drug-likeness (QED) is 0.855. The second-order valence-electron chi connectivity index (χ2n) is 5.72. The number of benzene rings is 1. The summed E-state index contributed by atoms with van der Waals surface area (Å²) >= 11 is 0. The molecule has 1 fully saturated rings. The van der Waals surface area contributed by atoms with Crippen molar-refractivity contribution < 1.29 is 8.42 Å². The first-order valence-corrected chi connectivity index (χ1v) is 8.60. The summed E-state index contributed by atoms with van der Waals surface area (Å²) in [5.41, 5.74) is -0.291. The standard InChI is InChI=1S/C15H24N2O2S/c1-4-17-12-10-15(2,11-13-17)16(3)20(18,19)14-8-6-5-7-9-14/h5-9H,4,10-13H2,1-3H3. The molecule has 0 aromatic heterocycles. The third kappa shape index (κ3) is 2.90. The van der Waals surface area contributed by atoms with Crippen LogP contribution in [0.1, 0.15) is 26.7 Å². The maximum absolute atomic E-state index is 12.7. The van der Waals surface area contributed by atoms with Crippen LogP contribution >= 0.6 is 0 Å². The molecule has 1 aromatic rings. The van der Waals surface area contributed by atoms with Crippen molar-refractivity contribution >= 4 is 10.0 Å². The van der Waals surface area contributed by atoms with Crippen molar-refractivity contribution in [2.75, 3.05) is 26.7 Å². The van der Waals surface area contributed by atoms with Gasteiger partial charge >= 0.3 is 0 Å². The van der Waals surface area contributed by atoms with E-state index in [1.165, 1.54) is 0 Å². The Kier molecular flexibility index (Phi) is 4.52. The van der Waals surface area contributed by atoms with Gasteiger partial charge in [-0.25, -0.2) is 8.42 Å². The van der Waals surface area contributed by atoms with E-state index in [4.69, 9.17) is 0 Å². The van der Waals surface area contributed by atoms with Crippen molar-refractivity contribution in [3.8, 4) is 0 Å². The molecule has 1 heterocycles. The molecule has 0 radical (unpaired) electrons. The zero-order chi connectivity index (χ0) is 14.8. The normalized spacial score (nSPS) is 20.2. The topological polar surface area (TPSA) is 40.6 Å². The number of piperidine rings is 1. The Labute approximate surface area is 122 Å². The summed E-state index contributed by atoms with van der Waals surface area (Å²) in [6.07, 6.45) is 1.76. The Bertz CT molecular complexity index is 534. The summed E-state index contributed by atoms with van der Waals surface area (Å²) in [4.78, 5) is 2.74. The summed E-state index contributed by atoms with van der Waals surface area (Å²) in [6.45, 7) is 7.15. The predicted octanol–water partition coefficient (Wildman–Crippen LogP) is 2.18. The lowest BCUT2D eigenvalue weighted by molar-refractivity contribution is 0.107. The van der Waals surface area contributed by atoms with Crippen LogP contribution in [0.2, 0.25) is 0 Å². The van der Waals surface area contributed by atoms with Gasteiger partial charge in [-0.05, 0) is 51.5 Å². The molecule has 1 aliphatic heterocycles. The van der Waals surface area contributed by atoms with Crippen LogP contribution in [0.5, 0.6) is 0 Å². The number of rotatable bonds is 4. The smallest absolute Gasteiger partial charge is 0.243 e. The van der Waals surface area contributed by atoms with Gasteiger partial charge in [-0.15, -0.1) is 0 Å². The van der Waals surface area contributed by atoms with Crippen molar-refractivity contribution in [2.45, 2.75) is 37.1 Å². The highest BCUT2D eigenvalue weighted by Gasteiger charge is 2.39. The van der Waals surface area contributed by atoms with Crippen LogP contribution in [0, 0.1) is 0 Å². The van der Waals surface area contributed by atoms with Crippen LogP contribution in [0.3, 0.4) is 0 Å². The molecular formula is C15H24N2O2S. The molecule has 1 saturated heterocycles. The van der Waals surface area contributed by atoms with Gasteiger partial charge in [0.1, 0.15) is 0 Å². The molecule has 0 bridgehead atoms. The molecular weight excluding hydrogens is 272 g/mol. The van der Waals surface area contributed by atoms with Crippen LogP contribution in [-0.4, -0.2) is 49.8 Å². The minimum absolute atomic E-state index is 0.291. The third-order valence-corrected chi connectivity index (χ3v) is 6.57. The lowest BCUT2D eigenvalue weighted by Crippen LogP contribution is -2.53. The van der Waals surface area contributed by atoms with Crippen LogP contribution in [-0.2, 0) is 10.0 Å². The summed E-state index contributed by atoms with van der Waals surface area (Å²) in [5, 5.41) is 0. The van der Waals surface area contributed by atoms with E-state index >= 15 is 0 Å². The van der Waals surface area contributed by atoms with E-state index in [0.717, 1.165) is 32.5 Å². The van der Waals surface area contributed by atoms with E-state index in [1.807, 2.05) is 6.07 Å². The van der Waals surface area contributed by atoms with Crippen molar-refractivity contribution in [3.63, 3.8) is 0 Å². The minimum atomic E-state index is -3.41. The highest BCUT2D eigenvalue weighted by molar-refractivity contribution is 7.89. The summed E-state index contributed by atoms with van der Waals surface area (Å²) in [5.74, 6) is 0. The second kappa shape index (κ2) is 5.84. The Hall–Kier alpha value is -0.910. The number of hydrogen-bond acceptors (Lipinski definition) is 3. The highest BCUT2D eigenvalue weighted by Crippen LogP contribution is 2.31. The average Bonchev–Trinajstić information content (AvgIpc) is 2.48. The van der Waals surface area contributed by atoms with Crippen LogP contribution in [0.25, 0.3) is 0 Å². The molecule has 0 saturated carbocycles. The zero-order valence-electron chi connectivity index (χ0n) is 12.5. The SMILES string of the molecule is CCN1CCC(C)(N(C)S(=O)(=O)c2ccccc2)CC1. The highest BCUT2D eigenvalue weighted by atomic mass is 32.2. The molecule has 0 spiro atoms. The van der Waals surface area contributed by atoms with Crippen molar-refractivity contribution in [1.82, 2.24) is 9.21 Å². The molecule has 112 valence electrons. The molecule has 0 N–H and O–H groups in total. The summed E-state index contributed by atoms with van der Waals surface area (Å²) in [6, 6.07) is 8.69. The molecule has 2 rings (SSSR count). The molecule has 0 unspecified atom stereocenters. The van der Waals surface area contributed by atoms with Crippen molar-refractivity contribution in [2.24, 2.45) is 0 Å². The van der Waals surface area contributed by atoms with E-state index < -0.39 is 10.0 Å². The first-order valence-electron chi connectivity index (χ1n) is 7.16. The van der Waals surface area contributed by atoms with Gasteiger partial charge in [0.2, 0.25) is 10.0 Å². The van der Waals surface area contributed by atoms with E-state index in [2.05, 4.69) is 18.7 Å². The fourth-order valence-electron chi connectivity index (χ4n) is 2.71. The van der Waals surface area contributed by atoms with E-state index in [-0.39, 0.29) is 5.54 Å². The van der Waals surface area contributed by atoms with E-state index in [1.54, 1.807) is 35.6 Å². The van der Waals surface area contributed by atoms with Gasteiger partial charge in [0.05, 0.1) is 4.90 Å². The van der Waals surface area contributed by atoms with Crippen LogP contribution in [0.4, 0.5) is 0 Å². The lowest BCUT2D eigenvalue weighted by Gasteiger charge is -2.44. The van der Waals surface area contributed by atoms with Crippen LogP contribution in [0.15, 0.2) is 35.2 Å². The number of likely N-dealkylation sites (tertiary alicyclic amines) is 1. The third-order valence-electron chi connectivity index (χ3n) is 4.54. The van der Waals surface area contributed by atoms with E-state index in [0.29, 0.717) is 4.90 Å². The van der Waals surface area contributed by atoms with Gasteiger partial charge in [-0.1, -0.05) is 25.1 Å². The van der Waals surface area contributed by atoms with Crippen LogP contribution < -0.4 is 0 Å². The molecule has 0 aliphatic carbocycles. The Morgan fingerprint density at radius 1 is 1.20 bits per heavy atom. The van der Waals surface area contributed by atoms with Gasteiger partial charge in [-0.3, -0.25) is 0 Å². The predicted molar refractivity (Wildman–Crippen MR) is 81.1 cm³/mol. The second-order valence-corrected chi connectivity index (χ2v) is 7.69. The maximum atomic E-state index is 12.7. The van der Waals surface area contributed by atoms with Crippen molar-refractivity contribution in [3.05, 3.63) is 30.3 Å². The first-order chi connectivity index (χ1) is 9.40. The van der Waals surface area contributed by atoms with Gasteiger partial charge < -0.3 is 4.90 Å². The van der Waals surface area contributed by atoms with Gasteiger partial charge in [0.15, 0.2) is 0 Å². The Morgan fingerprint density at radius 3 is 2.25 bits per heavy atom. The van der Waals surface area contributed by atoms with Gasteiger partial charge in [-0.2, -0.15) is 4.31 Å². The fourth-order valence-corrected chi connectivity index (χ4v) is 4.29. The molecule has 4 nitrogen and oxygen atoms in total. The minimum Gasteiger partial charge on any atom is -0.303 e. The zero-order valence-corrected chi connectivity index (χ0v) is 13.4. The van der Waals surface area contributed by atoms with Crippen molar-refractivity contribution in [1.29, 1.82) is 0 Å². The fraction of sp³-hybridized carbons (Fsp3) is 0.600. The maximum Gasteiger partial charge on any atom is 0.243 e. The average molecular weight is 296 g/mol. The summed E-state index contributed by atoms with van der Waals surface area (Å²) in [7, 11) is -1.69. The molecule has 5 heteroatoms. The Balaban J connectivity index is 2.21. The van der Waals surface area contributed by atoms with Gasteiger partial charge in [0, 0.05) is 12.6 Å². The largest absolute Gasteiger partial charge is 0.303 e. The number of nitrogens with zero attached hydrogens (tertiary/aromatic N) is 2. The molecule has 0 atom stereocenters. The number of sulfonamides is 1. The number of hydrogen-bond donors (Lipinski definition) is 0. The molecule has 1 aliphatic rings. The molecule has 20 heavy (non-hydrogen) atoms. The monoisotopic (exact) mass is 296 g/mol. The molecule has 0 amide bonds. The summed E-state index contributed by atoms with van der Waals surface area (Å²) < 4.78 is 27.0.